The Kier molecular flexibility index (Phi) is 2.79. The number of carbonyl (C=O) groups is 1. The third kappa shape index (κ3) is 1.97. The van der Waals surface area contributed by atoms with Crippen LogP contribution in [-0.4, -0.2) is 25.2 Å². The van der Waals surface area contributed by atoms with Crippen molar-refractivity contribution in [1.82, 2.24) is 19.3 Å². The third-order valence-electron chi connectivity index (χ3n) is 2.97. The molecule has 8 heteroatoms. The van der Waals surface area contributed by atoms with Crippen molar-refractivity contribution in [3.8, 4) is 0 Å². The van der Waals surface area contributed by atoms with Gasteiger partial charge in [0.25, 0.3) is 16.9 Å². The molecule has 8 nitrogen and oxygen atoms in total. The van der Waals surface area contributed by atoms with Crippen LogP contribution in [0.25, 0.3) is 16.7 Å². The van der Waals surface area contributed by atoms with Crippen LogP contribution in [0.1, 0.15) is 12.6 Å². The minimum atomic E-state index is -0.535. The van der Waals surface area contributed by atoms with Crippen LogP contribution in [0.5, 0.6) is 0 Å². The van der Waals surface area contributed by atoms with E-state index in [0.29, 0.717) is 10.9 Å². The van der Waals surface area contributed by atoms with Crippen LogP contribution >= 0.6 is 0 Å². The zero-order valence-corrected chi connectivity index (χ0v) is 11.3. The highest BCUT2D eigenvalue weighted by Gasteiger charge is 2.14. The van der Waals surface area contributed by atoms with E-state index < -0.39 is 17.0 Å². The van der Waals surface area contributed by atoms with Crippen molar-refractivity contribution in [2.24, 2.45) is 0 Å². The largest absolute Gasteiger partial charge is 0.295 e. The van der Waals surface area contributed by atoms with E-state index in [2.05, 4.69) is 15.5 Å². The summed E-state index contributed by atoms with van der Waals surface area (Å²) in [7, 11) is 0. The van der Waals surface area contributed by atoms with Gasteiger partial charge in [-0.25, -0.2) is 4.98 Å². The first-order valence-corrected chi connectivity index (χ1v) is 6.18. The van der Waals surface area contributed by atoms with Crippen LogP contribution < -0.4 is 16.5 Å². The molecule has 3 rings (SSSR count). The van der Waals surface area contributed by atoms with Gasteiger partial charge in [-0.15, -0.1) is 0 Å². The van der Waals surface area contributed by atoms with Gasteiger partial charge in [0, 0.05) is 6.92 Å². The van der Waals surface area contributed by atoms with Crippen molar-refractivity contribution in [3.05, 3.63) is 50.7 Å². The number of hydrogen-bond donors (Lipinski definition) is 1. The fraction of sp³-hybridized carbons (Fsp3) is 0.154. The van der Waals surface area contributed by atoms with Crippen LogP contribution in [0.3, 0.4) is 0 Å². The number of para-hydroxylation sites is 1. The normalized spacial score (nSPS) is 11.0. The van der Waals surface area contributed by atoms with Gasteiger partial charge in [-0.05, 0) is 19.1 Å². The molecule has 0 saturated heterocycles. The Bertz CT molecular complexity index is 1000. The molecule has 1 N–H and O–H groups in total. The van der Waals surface area contributed by atoms with Gasteiger partial charge in [0.15, 0.2) is 0 Å². The van der Waals surface area contributed by atoms with Gasteiger partial charge in [-0.2, -0.15) is 14.3 Å². The van der Waals surface area contributed by atoms with Crippen molar-refractivity contribution in [1.29, 1.82) is 0 Å². The highest BCUT2D eigenvalue weighted by Crippen LogP contribution is 2.07. The average molecular weight is 285 g/mol. The predicted molar refractivity (Wildman–Crippen MR) is 75.8 cm³/mol. The number of rotatable bonds is 1. The first-order valence-electron chi connectivity index (χ1n) is 6.18. The first-order chi connectivity index (χ1) is 9.99. The van der Waals surface area contributed by atoms with E-state index in [1.165, 1.54) is 13.8 Å². The van der Waals surface area contributed by atoms with Crippen LogP contribution in [0, 0.1) is 6.92 Å². The maximum atomic E-state index is 12.4. The maximum absolute atomic E-state index is 12.4. The number of fused-ring (bicyclic) bond motifs is 2. The molecule has 0 unspecified atom stereocenters. The maximum Gasteiger partial charge on any atom is 0.295 e. The molecule has 106 valence electrons. The summed E-state index contributed by atoms with van der Waals surface area (Å²) in [6.07, 6.45) is 0. The SMILES string of the molecule is CC(=O)Nn1c(=O)c(C)nn2c(=O)c3ccccc3nc12. The topological polar surface area (TPSA) is 98.4 Å². The van der Waals surface area contributed by atoms with Crippen LogP contribution in [0.15, 0.2) is 33.9 Å². The fourth-order valence-electron chi connectivity index (χ4n) is 2.05. The molecule has 0 bridgehead atoms. The summed E-state index contributed by atoms with van der Waals surface area (Å²) in [5, 5.41) is 4.33. The smallest absolute Gasteiger partial charge is 0.274 e. The predicted octanol–water partition coefficient (Wildman–Crippen LogP) is -0.197. The Morgan fingerprint density at radius 3 is 2.62 bits per heavy atom. The summed E-state index contributed by atoms with van der Waals surface area (Å²) in [5.74, 6) is -0.489. The standard InChI is InChI=1S/C13H11N5O3/c1-7-11(20)17(16-8(2)19)13-14-10-6-4-3-5-9(10)12(21)18(13)15-7/h3-6H,1-2H3,(H,16,19). The highest BCUT2D eigenvalue weighted by molar-refractivity contribution is 5.82. The molecule has 0 spiro atoms. The molecule has 0 fully saturated rings. The summed E-state index contributed by atoms with van der Waals surface area (Å²) >= 11 is 0. The van der Waals surface area contributed by atoms with Crippen molar-refractivity contribution in [2.45, 2.75) is 13.8 Å². The number of amides is 1. The van der Waals surface area contributed by atoms with Gasteiger partial charge in [-0.1, -0.05) is 12.1 Å². The number of carbonyl (C=O) groups excluding carboxylic acids is 1. The molecule has 0 aliphatic rings. The molecule has 0 saturated carbocycles. The second kappa shape index (κ2) is 4.51. The second-order valence-electron chi connectivity index (χ2n) is 4.54. The molecule has 3 aromatic rings. The number of nitrogens with zero attached hydrogens (tertiary/aromatic N) is 4. The van der Waals surface area contributed by atoms with Crippen LogP contribution in [0.2, 0.25) is 0 Å². The molecule has 2 heterocycles. The Hall–Kier alpha value is -3.03. The number of nitrogens with one attached hydrogen (secondary N) is 1. The van der Waals surface area contributed by atoms with E-state index in [1.807, 2.05) is 0 Å². The summed E-state index contributed by atoms with van der Waals surface area (Å²) < 4.78 is 1.94. The molecule has 1 amide bonds. The van der Waals surface area contributed by atoms with E-state index in [1.54, 1.807) is 24.3 Å². The summed E-state index contributed by atoms with van der Waals surface area (Å²) in [6, 6.07) is 6.73. The zero-order chi connectivity index (χ0) is 15.1. The third-order valence-corrected chi connectivity index (χ3v) is 2.97. The second-order valence-corrected chi connectivity index (χ2v) is 4.54. The Morgan fingerprint density at radius 1 is 1.19 bits per heavy atom. The Morgan fingerprint density at radius 2 is 1.90 bits per heavy atom. The van der Waals surface area contributed by atoms with E-state index in [0.717, 1.165) is 9.19 Å². The quantitative estimate of drug-likeness (QED) is 0.624. The van der Waals surface area contributed by atoms with E-state index in [4.69, 9.17) is 0 Å². The fourth-order valence-corrected chi connectivity index (χ4v) is 2.05. The van der Waals surface area contributed by atoms with Crippen LogP contribution in [0.4, 0.5) is 0 Å². The first kappa shape index (κ1) is 13.0. The van der Waals surface area contributed by atoms with E-state index in [-0.39, 0.29) is 11.5 Å². The van der Waals surface area contributed by atoms with Gasteiger partial charge >= 0.3 is 0 Å². The minimum Gasteiger partial charge on any atom is -0.274 e. The van der Waals surface area contributed by atoms with Gasteiger partial charge in [-0.3, -0.25) is 19.8 Å². The van der Waals surface area contributed by atoms with Gasteiger partial charge in [0.05, 0.1) is 10.9 Å². The van der Waals surface area contributed by atoms with Gasteiger partial charge in [0.1, 0.15) is 5.69 Å². The highest BCUT2D eigenvalue weighted by atomic mass is 16.2. The van der Waals surface area contributed by atoms with Crippen molar-refractivity contribution in [2.75, 3.05) is 5.43 Å². The molecule has 0 atom stereocenters. The molecule has 2 aromatic heterocycles. The van der Waals surface area contributed by atoms with Gasteiger partial charge in [0.2, 0.25) is 5.91 Å². The summed E-state index contributed by atoms with van der Waals surface area (Å²) in [4.78, 5) is 40.0. The molecule has 0 radical (unpaired) electrons. The van der Waals surface area contributed by atoms with Gasteiger partial charge < -0.3 is 0 Å². The molecular weight excluding hydrogens is 274 g/mol. The Labute approximate surface area is 117 Å². The molecule has 21 heavy (non-hydrogen) atoms. The molecule has 1 aromatic carbocycles. The minimum absolute atomic E-state index is 0.0375. The van der Waals surface area contributed by atoms with Crippen molar-refractivity contribution < 1.29 is 4.79 Å². The van der Waals surface area contributed by atoms with Crippen LogP contribution in [-0.2, 0) is 4.79 Å². The molecular formula is C13H11N5O3. The number of aromatic nitrogens is 4. The van der Waals surface area contributed by atoms with Crippen molar-refractivity contribution >= 4 is 22.6 Å². The lowest BCUT2D eigenvalue weighted by Crippen LogP contribution is -2.38. The average Bonchev–Trinajstić information content (AvgIpc) is 2.45. The monoisotopic (exact) mass is 285 g/mol. The molecule has 0 aliphatic heterocycles. The lowest BCUT2D eigenvalue weighted by atomic mass is 10.2. The summed E-state index contributed by atoms with van der Waals surface area (Å²) in [5.41, 5.74) is 1.91. The summed E-state index contributed by atoms with van der Waals surface area (Å²) in [6.45, 7) is 2.72. The lowest BCUT2D eigenvalue weighted by Gasteiger charge is -2.11. The molecule has 0 aliphatic carbocycles. The number of benzene rings is 1. The zero-order valence-electron chi connectivity index (χ0n) is 11.3. The van der Waals surface area contributed by atoms with E-state index in [9.17, 15) is 14.4 Å². The van der Waals surface area contributed by atoms with E-state index >= 15 is 0 Å². The number of aryl methyl sites for hydroxylation is 1. The lowest BCUT2D eigenvalue weighted by molar-refractivity contribution is -0.115. The van der Waals surface area contributed by atoms with Crippen molar-refractivity contribution in [3.63, 3.8) is 0 Å². The number of hydrogen-bond acceptors (Lipinski definition) is 5. The Balaban J connectivity index is 2.56.